The fraction of sp³-hybridized carbons (Fsp3) is 0.409. The van der Waals surface area contributed by atoms with Crippen molar-refractivity contribution >= 4 is 5.91 Å². The number of carbonyl (C=O) groups excluding carboxylic acids is 1. The van der Waals surface area contributed by atoms with E-state index in [9.17, 15) is 4.79 Å². The lowest BCUT2D eigenvalue weighted by atomic mass is 10.0. The molecule has 1 amide bonds. The molecule has 142 valence electrons. The molecule has 2 aliphatic heterocycles. The Bertz CT molecular complexity index is 825. The van der Waals surface area contributed by atoms with Crippen LogP contribution < -0.4 is 9.47 Å². The minimum absolute atomic E-state index is 0.0589. The summed E-state index contributed by atoms with van der Waals surface area (Å²) >= 11 is 0. The van der Waals surface area contributed by atoms with E-state index < -0.39 is 0 Å². The van der Waals surface area contributed by atoms with Crippen LogP contribution in [0.5, 0.6) is 11.5 Å². The van der Waals surface area contributed by atoms with E-state index in [0.717, 1.165) is 35.3 Å². The van der Waals surface area contributed by atoms with Crippen LogP contribution in [0.1, 0.15) is 24.0 Å². The number of rotatable bonds is 3. The molecule has 0 unspecified atom stereocenters. The summed E-state index contributed by atoms with van der Waals surface area (Å²) in [5, 5.41) is 0. The number of hydrogen-bond donors (Lipinski definition) is 0. The van der Waals surface area contributed by atoms with Crippen molar-refractivity contribution in [2.45, 2.75) is 32.4 Å². The summed E-state index contributed by atoms with van der Waals surface area (Å²) in [6.07, 6.45) is 1.44. The Hall–Kier alpha value is -2.53. The van der Waals surface area contributed by atoms with Crippen LogP contribution in [0.2, 0.25) is 0 Å². The Morgan fingerprint density at radius 1 is 1.15 bits per heavy atom. The van der Waals surface area contributed by atoms with Crippen LogP contribution in [0.3, 0.4) is 0 Å². The Morgan fingerprint density at radius 3 is 2.67 bits per heavy atom. The largest absolute Gasteiger partial charge is 0.493 e. The van der Waals surface area contributed by atoms with Gasteiger partial charge in [0.15, 0.2) is 11.5 Å². The molecule has 0 spiro atoms. The number of hydrogen-bond acceptors (Lipinski definition) is 4. The fourth-order valence-corrected chi connectivity index (χ4v) is 3.71. The van der Waals surface area contributed by atoms with E-state index in [1.165, 1.54) is 5.56 Å². The molecule has 0 saturated carbocycles. The summed E-state index contributed by atoms with van der Waals surface area (Å²) in [7, 11) is 1.65. The fourth-order valence-electron chi connectivity index (χ4n) is 3.71. The molecule has 2 aromatic rings. The highest BCUT2D eigenvalue weighted by molar-refractivity contribution is 5.81. The van der Waals surface area contributed by atoms with Crippen LogP contribution in [0.4, 0.5) is 0 Å². The molecule has 1 saturated heterocycles. The van der Waals surface area contributed by atoms with Crippen molar-refractivity contribution in [1.82, 2.24) is 4.90 Å². The van der Waals surface area contributed by atoms with Gasteiger partial charge in [0.05, 0.1) is 13.7 Å². The molecule has 0 bridgehead atoms. The third-order valence-corrected chi connectivity index (χ3v) is 5.22. The quantitative estimate of drug-likeness (QED) is 0.832. The molecule has 1 fully saturated rings. The lowest BCUT2D eigenvalue weighted by Gasteiger charge is -2.23. The second-order valence-corrected chi connectivity index (χ2v) is 7.14. The minimum atomic E-state index is -0.311. The molecule has 1 atom stereocenters. The normalized spacial score (nSPS) is 19.2. The van der Waals surface area contributed by atoms with Crippen molar-refractivity contribution in [2.24, 2.45) is 0 Å². The lowest BCUT2D eigenvalue weighted by Crippen LogP contribution is -2.39. The van der Waals surface area contributed by atoms with E-state index >= 15 is 0 Å². The Labute approximate surface area is 159 Å². The van der Waals surface area contributed by atoms with Gasteiger partial charge in [0.2, 0.25) is 0 Å². The molecule has 5 heteroatoms. The van der Waals surface area contributed by atoms with Crippen LogP contribution >= 0.6 is 0 Å². The average molecular weight is 367 g/mol. The number of methoxy groups -OCH3 is 1. The Balaban J connectivity index is 1.68. The molecule has 2 aliphatic rings. The van der Waals surface area contributed by atoms with Crippen molar-refractivity contribution in [3.63, 3.8) is 0 Å². The van der Waals surface area contributed by atoms with E-state index in [-0.39, 0.29) is 12.0 Å². The number of nitrogens with zero attached hydrogens (tertiary/aromatic N) is 1. The summed E-state index contributed by atoms with van der Waals surface area (Å²) in [5.41, 5.74) is 4.36. The van der Waals surface area contributed by atoms with Gasteiger partial charge in [-0.05, 0) is 43.0 Å². The van der Waals surface area contributed by atoms with Gasteiger partial charge in [0, 0.05) is 18.7 Å². The molecule has 0 aromatic heterocycles. The molecule has 2 aromatic carbocycles. The average Bonchev–Trinajstić information content (AvgIpc) is 3.14. The maximum Gasteiger partial charge on any atom is 0.252 e. The van der Waals surface area contributed by atoms with Gasteiger partial charge in [0.25, 0.3) is 5.91 Å². The van der Waals surface area contributed by atoms with Crippen LogP contribution in [0.15, 0.2) is 36.4 Å². The summed E-state index contributed by atoms with van der Waals surface area (Å²) < 4.78 is 17.1. The molecule has 27 heavy (non-hydrogen) atoms. The third-order valence-electron chi connectivity index (χ3n) is 5.22. The van der Waals surface area contributed by atoms with Gasteiger partial charge >= 0.3 is 0 Å². The first kappa shape index (κ1) is 17.9. The number of aryl methyl sites for hydroxylation is 1. The SMILES string of the molecule is COc1cc(-c2ccc(C)cc2)cc2c1OCCN(C(=O)[C@H]1CCCO1)C2. The number of ether oxygens (including phenoxy) is 3. The van der Waals surface area contributed by atoms with Crippen LogP contribution in [-0.4, -0.2) is 43.8 Å². The zero-order valence-electron chi connectivity index (χ0n) is 15.9. The Morgan fingerprint density at radius 2 is 1.96 bits per heavy atom. The van der Waals surface area contributed by atoms with Crippen molar-refractivity contribution in [3.05, 3.63) is 47.5 Å². The Kier molecular flexibility index (Phi) is 5.03. The molecule has 0 aliphatic carbocycles. The minimum Gasteiger partial charge on any atom is -0.493 e. The van der Waals surface area contributed by atoms with Crippen molar-refractivity contribution in [2.75, 3.05) is 26.9 Å². The van der Waals surface area contributed by atoms with Gasteiger partial charge in [-0.2, -0.15) is 0 Å². The molecule has 2 heterocycles. The summed E-state index contributed by atoms with van der Waals surface area (Å²) in [6, 6.07) is 12.5. The van der Waals surface area contributed by atoms with Gasteiger partial charge in [-0.15, -0.1) is 0 Å². The number of amides is 1. The van der Waals surface area contributed by atoms with Crippen LogP contribution in [-0.2, 0) is 16.1 Å². The molecule has 4 rings (SSSR count). The van der Waals surface area contributed by atoms with Crippen LogP contribution in [0, 0.1) is 6.92 Å². The van der Waals surface area contributed by atoms with E-state index in [0.29, 0.717) is 32.1 Å². The van der Waals surface area contributed by atoms with Gasteiger partial charge < -0.3 is 19.1 Å². The summed E-state index contributed by atoms with van der Waals surface area (Å²) in [5.74, 6) is 1.49. The highest BCUT2D eigenvalue weighted by atomic mass is 16.5. The van der Waals surface area contributed by atoms with Gasteiger partial charge in [0.1, 0.15) is 12.7 Å². The maximum atomic E-state index is 12.8. The molecule has 0 radical (unpaired) electrons. The number of carbonyl (C=O) groups is 1. The van der Waals surface area contributed by atoms with Crippen molar-refractivity contribution in [3.8, 4) is 22.6 Å². The van der Waals surface area contributed by atoms with Gasteiger partial charge in [-0.3, -0.25) is 4.79 Å². The third kappa shape index (κ3) is 3.65. The predicted octanol–water partition coefficient (Wildman–Crippen LogP) is 3.57. The molecule has 5 nitrogen and oxygen atoms in total. The summed E-state index contributed by atoms with van der Waals surface area (Å²) in [6.45, 7) is 4.25. The van der Waals surface area contributed by atoms with E-state index in [1.54, 1.807) is 7.11 Å². The van der Waals surface area contributed by atoms with E-state index in [2.05, 4.69) is 37.3 Å². The lowest BCUT2D eigenvalue weighted by molar-refractivity contribution is -0.141. The van der Waals surface area contributed by atoms with E-state index in [4.69, 9.17) is 14.2 Å². The van der Waals surface area contributed by atoms with Crippen LogP contribution in [0.25, 0.3) is 11.1 Å². The van der Waals surface area contributed by atoms with Gasteiger partial charge in [-0.25, -0.2) is 0 Å². The number of fused-ring (bicyclic) bond motifs is 1. The molecular formula is C22H25NO4. The zero-order chi connectivity index (χ0) is 18.8. The highest BCUT2D eigenvalue weighted by Crippen LogP contribution is 2.38. The van der Waals surface area contributed by atoms with E-state index in [1.807, 2.05) is 11.0 Å². The first-order valence-electron chi connectivity index (χ1n) is 9.47. The summed E-state index contributed by atoms with van der Waals surface area (Å²) in [4.78, 5) is 14.7. The monoisotopic (exact) mass is 367 g/mol. The van der Waals surface area contributed by atoms with Crippen molar-refractivity contribution < 1.29 is 19.0 Å². The molecular weight excluding hydrogens is 342 g/mol. The first-order valence-corrected chi connectivity index (χ1v) is 9.47. The molecule has 0 N–H and O–H groups in total. The number of benzene rings is 2. The van der Waals surface area contributed by atoms with Crippen molar-refractivity contribution in [1.29, 1.82) is 0 Å². The van der Waals surface area contributed by atoms with Gasteiger partial charge in [-0.1, -0.05) is 29.8 Å². The second kappa shape index (κ2) is 7.61. The standard InChI is InChI=1S/C22H25NO4/c1-15-5-7-16(8-6-15)17-12-18-14-23(22(24)19-4-3-10-26-19)9-11-27-21(18)20(13-17)25-2/h5-8,12-13,19H,3-4,9-11,14H2,1-2H3/t19-/m1/s1. The predicted molar refractivity (Wildman–Crippen MR) is 103 cm³/mol. The second-order valence-electron chi connectivity index (χ2n) is 7.14. The maximum absolute atomic E-state index is 12.8. The topological polar surface area (TPSA) is 48.0 Å². The highest BCUT2D eigenvalue weighted by Gasteiger charge is 2.30. The smallest absolute Gasteiger partial charge is 0.252 e. The zero-order valence-corrected chi connectivity index (χ0v) is 15.9. The first-order chi connectivity index (χ1) is 13.2.